The Kier molecular flexibility index (Phi) is 1.95. The number of aromatic amines is 1. The van der Waals surface area contributed by atoms with Crippen LogP contribution in [0.5, 0.6) is 0 Å². The SMILES string of the molecule is Cc1nnc(NCc2ncc[nH]2)o1. The first kappa shape index (κ1) is 7.78. The minimum atomic E-state index is 0.411. The summed E-state index contributed by atoms with van der Waals surface area (Å²) < 4.78 is 5.11. The van der Waals surface area contributed by atoms with Gasteiger partial charge in [-0.3, -0.25) is 0 Å². The quantitative estimate of drug-likeness (QED) is 0.725. The number of nitrogens with one attached hydrogen (secondary N) is 2. The van der Waals surface area contributed by atoms with Gasteiger partial charge in [-0.05, 0) is 0 Å². The zero-order valence-electron chi connectivity index (χ0n) is 7.11. The van der Waals surface area contributed by atoms with Crippen LogP contribution in [-0.4, -0.2) is 20.2 Å². The average molecular weight is 179 g/mol. The molecule has 2 aromatic rings. The van der Waals surface area contributed by atoms with E-state index in [9.17, 15) is 0 Å². The Bertz CT molecular complexity index is 366. The molecule has 0 spiro atoms. The molecular weight excluding hydrogens is 170 g/mol. The van der Waals surface area contributed by atoms with Gasteiger partial charge in [0.25, 0.3) is 0 Å². The third-order valence-electron chi connectivity index (χ3n) is 1.49. The van der Waals surface area contributed by atoms with Crippen LogP contribution >= 0.6 is 0 Å². The summed E-state index contributed by atoms with van der Waals surface area (Å²) in [6, 6.07) is 0.411. The highest BCUT2D eigenvalue weighted by Gasteiger charge is 2.01. The van der Waals surface area contributed by atoms with E-state index in [2.05, 4.69) is 25.5 Å². The molecule has 0 saturated heterocycles. The number of rotatable bonds is 3. The second kappa shape index (κ2) is 3.26. The van der Waals surface area contributed by atoms with Crippen molar-refractivity contribution in [3.63, 3.8) is 0 Å². The van der Waals surface area contributed by atoms with Gasteiger partial charge in [0, 0.05) is 19.3 Å². The molecule has 0 radical (unpaired) electrons. The molecule has 13 heavy (non-hydrogen) atoms. The van der Waals surface area contributed by atoms with E-state index in [1.165, 1.54) is 0 Å². The fourth-order valence-electron chi connectivity index (χ4n) is 0.922. The van der Waals surface area contributed by atoms with Crippen molar-refractivity contribution in [3.05, 3.63) is 24.1 Å². The zero-order chi connectivity index (χ0) is 9.10. The summed E-state index contributed by atoms with van der Waals surface area (Å²) in [5.74, 6) is 1.37. The highest BCUT2D eigenvalue weighted by atomic mass is 16.4. The highest BCUT2D eigenvalue weighted by Crippen LogP contribution is 2.04. The van der Waals surface area contributed by atoms with Crippen molar-refractivity contribution in [1.29, 1.82) is 0 Å². The number of H-pyrrole nitrogens is 1. The van der Waals surface area contributed by atoms with Crippen LogP contribution in [0.15, 0.2) is 16.8 Å². The van der Waals surface area contributed by atoms with Gasteiger partial charge in [-0.2, -0.15) is 0 Å². The molecule has 2 N–H and O–H groups in total. The largest absolute Gasteiger partial charge is 0.408 e. The summed E-state index contributed by atoms with van der Waals surface area (Å²) in [5, 5.41) is 10.4. The molecule has 0 amide bonds. The summed E-state index contributed by atoms with van der Waals surface area (Å²) in [5.41, 5.74) is 0. The van der Waals surface area contributed by atoms with Crippen molar-refractivity contribution in [2.45, 2.75) is 13.5 Å². The molecule has 2 aromatic heterocycles. The number of nitrogens with zero attached hydrogens (tertiary/aromatic N) is 3. The Labute approximate surface area is 74.4 Å². The number of imidazole rings is 1. The maximum atomic E-state index is 5.11. The van der Waals surface area contributed by atoms with E-state index < -0.39 is 0 Å². The topological polar surface area (TPSA) is 79.6 Å². The molecule has 0 unspecified atom stereocenters. The molecule has 6 heteroatoms. The van der Waals surface area contributed by atoms with Crippen molar-refractivity contribution in [2.75, 3.05) is 5.32 Å². The summed E-state index contributed by atoms with van der Waals surface area (Å²) in [4.78, 5) is 6.98. The fraction of sp³-hybridized carbons (Fsp3) is 0.286. The van der Waals surface area contributed by atoms with Gasteiger partial charge >= 0.3 is 6.01 Å². The summed E-state index contributed by atoms with van der Waals surface area (Å²) >= 11 is 0. The Morgan fingerprint density at radius 2 is 2.46 bits per heavy atom. The Balaban J connectivity index is 1.93. The van der Waals surface area contributed by atoms with Crippen LogP contribution in [0, 0.1) is 6.92 Å². The highest BCUT2D eigenvalue weighted by molar-refractivity contribution is 5.17. The first-order valence-corrected chi connectivity index (χ1v) is 3.87. The van der Waals surface area contributed by atoms with Gasteiger partial charge in [0.2, 0.25) is 5.89 Å². The Hall–Kier alpha value is -1.85. The molecule has 0 saturated carbocycles. The van der Waals surface area contributed by atoms with Crippen LogP contribution < -0.4 is 5.32 Å². The molecule has 0 fully saturated rings. The first-order valence-electron chi connectivity index (χ1n) is 3.87. The predicted molar refractivity (Wildman–Crippen MR) is 44.9 cm³/mol. The third kappa shape index (κ3) is 1.84. The fourth-order valence-corrected chi connectivity index (χ4v) is 0.922. The van der Waals surface area contributed by atoms with Crippen LogP contribution in [-0.2, 0) is 6.54 Å². The van der Waals surface area contributed by atoms with Gasteiger partial charge in [-0.1, -0.05) is 5.10 Å². The normalized spacial score (nSPS) is 10.2. The van der Waals surface area contributed by atoms with Crippen molar-refractivity contribution in [3.8, 4) is 0 Å². The molecule has 2 rings (SSSR count). The minimum Gasteiger partial charge on any atom is -0.408 e. The lowest BCUT2D eigenvalue weighted by Crippen LogP contribution is -2.01. The monoisotopic (exact) mass is 179 g/mol. The van der Waals surface area contributed by atoms with Crippen molar-refractivity contribution in [1.82, 2.24) is 20.2 Å². The lowest BCUT2D eigenvalue weighted by Gasteiger charge is -1.95. The number of aromatic nitrogens is 4. The number of aryl methyl sites for hydroxylation is 1. The smallest absolute Gasteiger partial charge is 0.315 e. The van der Waals surface area contributed by atoms with Crippen molar-refractivity contribution >= 4 is 6.01 Å². The average Bonchev–Trinajstić information content (AvgIpc) is 2.71. The molecule has 6 nitrogen and oxygen atoms in total. The van der Waals surface area contributed by atoms with Gasteiger partial charge in [0.05, 0.1) is 6.54 Å². The summed E-state index contributed by atoms with van der Waals surface area (Å²) in [6.07, 6.45) is 3.45. The summed E-state index contributed by atoms with van der Waals surface area (Å²) in [6.45, 7) is 2.29. The molecule has 68 valence electrons. The van der Waals surface area contributed by atoms with Gasteiger partial charge in [-0.25, -0.2) is 4.98 Å². The van der Waals surface area contributed by atoms with Gasteiger partial charge in [0.1, 0.15) is 5.82 Å². The second-order valence-electron chi connectivity index (χ2n) is 2.52. The van der Waals surface area contributed by atoms with E-state index in [1.54, 1.807) is 19.3 Å². The molecule has 0 atom stereocenters. The van der Waals surface area contributed by atoms with E-state index in [0.29, 0.717) is 18.5 Å². The van der Waals surface area contributed by atoms with Gasteiger partial charge < -0.3 is 14.7 Å². The van der Waals surface area contributed by atoms with Crippen LogP contribution in [0.2, 0.25) is 0 Å². The molecule has 0 aliphatic heterocycles. The predicted octanol–water partition coefficient (Wildman–Crippen LogP) is 0.713. The molecular formula is C7H9N5O. The molecule has 0 aromatic carbocycles. The van der Waals surface area contributed by atoms with Crippen LogP contribution in [0.4, 0.5) is 6.01 Å². The van der Waals surface area contributed by atoms with Crippen LogP contribution in [0.3, 0.4) is 0 Å². The minimum absolute atomic E-state index is 0.411. The van der Waals surface area contributed by atoms with Gasteiger partial charge in [-0.15, -0.1) is 5.10 Å². The van der Waals surface area contributed by atoms with Crippen molar-refractivity contribution < 1.29 is 4.42 Å². The third-order valence-corrected chi connectivity index (χ3v) is 1.49. The lowest BCUT2D eigenvalue weighted by molar-refractivity contribution is 0.530. The molecule has 0 aliphatic carbocycles. The van der Waals surface area contributed by atoms with Crippen LogP contribution in [0.1, 0.15) is 11.7 Å². The van der Waals surface area contributed by atoms with E-state index in [0.717, 1.165) is 5.82 Å². The number of hydrogen-bond donors (Lipinski definition) is 2. The Morgan fingerprint density at radius 3 is 3.08 bits per heavy atom. The van der Waals surface area contributed by atoms with Crippen LogP contribution in [0.25, 0.3) is 0 Å². The van der Waals surface area contributed by atoms with E-state index in [4.69, 9.17) is 4.42 Å². The number of anilines is 1. The lowest BCUT2D eigenvalue weighted by atomic mass is 10.6. The molecule has 0 aliphatic rings. The maximum absolute atomic E-state index is 5.11. The summed E-state index contributed by atoms with van der Waals surface area (Å²) in [7, 11) is 0. The first-order chi connectivity index (χ1) is 6.34. The van der Waals surface area contributed by atoms with E-state index in [1.807, 2.05) is 0 Å². The van der Waals surface area contributed by atoms with E-state index in [-0.39, 0.29) is 0 Å². The van der Waals surface area contributed by atoms with Crippen molar-refractivity contribution in [2.24, 2.45) is 0 Å². The Morgan fingerprint density at radius 1 is 1.54 bits per heavy atom. The maximum Gasteiger partial charge on any atom is 0.315 e. The zero-order valence-corrected chi connectivity index (χ0v) is 7.11. The molecule has 0 bridgehead atoms. The second-order valence-corrected chi connectivity index (χ2v) is 2.52. The van der Waals surface area contributed by atoms with Gasteiger partial charge in [0.15, 0.2) is 0 Å². The molecule has 2 heterocycles. The standard InChI is InChI=1S/C7H9N5O/c1-5-11-12-7(13-5)10-4-6-8-2-3-9-6/h2-3H,4H2,1H3,(H,8,9)(H,10,12). The number of hydrogen-bond acceptors (Lipinski definition) is 5. The van der Waals surface area contributed by atoms with E-state index >= 15 is 0 Å².